The monoisotopic (exact) mass is 349 g/mol. The maximum atomic E-state index is 13.1. The maximum absolute atomic E-state index is 13.1. The van der Waals surface area contributed by atoms with E-state index in [4.69, 9.17) is 0 Å². The average molecular weight is 350 g/mol. The van der Waals surface area contributed by atoms with Crippen LogP contribution >= 0.6 is 15.9 Å². The number of hydrogen-bond donors (Lipinski definition) is 1. The van der Waals surface area contributed by atoms with E-state index >= 15 is 0 Å². The first kappa shape index (κ1) is 16.2. The Morgan fingerprint density at radius 1 is 0.857 bits per heavy atom. The van der Waals surface area contributed by atoms with Gasteiger partial charge in [0.25, 0.3) is 0 Å². The second-order valence-corrected chi connectivity index (χ2v) is 6.63. The van der Waals surface area contributed by atoms with Crippen LogP contribution in [0.3, 0.4) is 0 Å². The molecule has 2 rings (SSSR count). The first-order valence-corrected chi connectivity index (χ1v) is 8.03. The zero-order valence-electron chi connectivity index (χ0n) is 12.6. The minimum atomic E-state index is -0.192. The third-order valence-corrected chi connectivity index (χ3v) is 4.22. The quantitative estimate of drug-likeness (QED) is 0.736. The molecule has 2 aromatic rings. The lowest BCUT2D eigenvalue weighted by Gasteiger charge is -2.27. The van der Waals surface area contributed by atoms with Crippen LogP contribution in [0.15, 0.2) is 53.0 Å². The molecule has 0 saturated carbocycles. The summed E-state index contributed by atoms with van der Waals surface area (Å²) in [7, 11) is 0. The summed E-state index contributed by atoms with van der Waals surface area (Å²) in [6, 6.07) is 15.5. The van der Waals surface area contributed by atoms with Crippen molar-refractivity contribution in [2.75, 3.05) is 0 Å². The van der Waals surface area contributed by atoms with E-state index in [9.17, 15) is 4.39 Å². The number of benzene rings is 2. The standard InChI is InChI=1S/C18H21BrFN/c1-12(2)18(15-6-10-17(20)11-7-15)21-13(3)14-4-8-16(19)9-5-14/h4-13,18,21H,1-3H3. The van der Waals surface area contributed by atoms with Crippen LogP contribution in [-0.2, 0) is 0 Å². The molecule has 0 aromatic heterocycles. The van der Waals surface area contributed by atoms with Gasteiger partial charge in [-0.3, -0.25) is 0 Å². The van der Waals surface area contributed by atoms with Gasteiger partial charge in [0.2, 0.25) is 0 Å². The molecule has 2 atom stereocenters. The fraction of sp³-hybridized carbons (Fsp3) is 0.333. The number of halogens is 2. The highest BCUT2D eigenvalue weighted by molar-refractivity contribution is 9.10. The first-order chi connectivity index (χ1) is 9.97. The van der Waals surface area contributed by atoms with E-state index < -0.39 is 0 Å². The molecule has 1 nitrogen and oxygen atoms in total. The fourth-order valence-electron chi connectivity index (χ4n) is 2.46. The summed E-state index contributed by atoms with van der Waals surface area (Å²) in [5.74, 6) is 0.232. The van der Waals surface area contributed by atoms with Gasteiger partial charge in [-0.1, -0.05) is 54.0 Å². The molecule has 21 heavy (non-hydrogen) atoms. The average Bonchev–Trinajstić information content (AvgIpc) is 2.46. The Bertz CT molecular complexity index is 563. The highest BCUT2D eigenvalue weighted by atomic mass is 79.9. The Kier molecular flexibility index (Phi) is 5.54. The van der Waals surface area contributed by atoms with Gasteiger partial charge in [0.15, 0.2) is 0 Å². The fourth-order valence-corrected chi connectivity index (χ4v) is 2.73. The van der Waals surface area contributed by atoms with Crippen LogP contribution in [0.25, 0.3) is 0 Å². The van der Waals surface area contributed by atoms with Crippen LogP contribution < -0.4 is 5.32 Å². The van der Waals surface area contributed by atoms with Crippen molar-refractivity contribution in [3.8, 4) is 0 Å². The van der Waals surface area contributed by atoms with Crippen molar-refractivity contribution in [3.63, 3.8) is 0 Å². The van der Waals surface area contributed by atoms with E-state index in [-0.39, 0.29) is 17.9 Å². The smallest absolute Gasteiger partial charge is 0.123 e. The topological polar surface area (TPSA) is 12.0 Å². The molecule has 0 aliphatic carbocycles. The van der Waals surface area contributed by atoms with Gasteiger partial charge in [0.1, 0.15) is 5.82 Å². The van der Waals surface area contributed by atoms with Crippen LogP contribution in [0.2, 0.25) is 0 Å². The largest absolute Gasteiger partial charge is 0.303 e. The third-order valence-electron chi connectivity index (χ3n) is 3.70. The van der Waals surface area contributed by atoms with E-state index in [0.717, 1.165) is 10.0 Å². The van der Waals surface area contributed by atoms with Crippen LogP contribution in [-0.4, -0.2) is 0 Å². The summed E-state index contributed by atoms with van der Waals surface area (Å²) in [6.07, 6.45) is 0. The van der Waals surface area contributed by atoms with Crippen molar-refractivity contribution >= 4 is 15.9 Å². The van der Waals surface area contributed by atoms with Crippen LogP contribution in [0.1, 0.15) is 44.0 Å². The van der Waals surface area contributed by atoms with Crippen molar-refractivity contribution in [1.29, 1.82) is 0 Å². The van der Waals surface area contributed by atoms with Crippen LogP contribution in [0.5, 0.6) is 0 Å². The molecule has 0 saturated heterocycles. The molecule has 2 unspecified atom stereocenters. The van der Waals surface area contributed by atoms with Gasteiger partial charge >= 0.3 is 0 Å². The van der Waals surface area contributed by atoms with Crippen LogP contribution in [0.4, 0.5) is 4.39 Å². The number of rotatable bonds is 5. The lowest BCUT2D eigenvalue weighted by molar-refractivity contribution is 0.374. The van der Waals surface area contributed by atoms with Gasteiger partial charge in [-0.25, -0.2) is 4.39 Å². The molecule has 0 bridgehead atoms. The molecule has 1 N–H and O–H groups in total. The lowest BCUT2D eigenvalue weighted by atomic mass is 9.94. The molecule has 0 fully saturated rings. The maximum Gasteiger partial charge on any atom is 0.123 e. The predicted molar refractivity (Wildman–Crippen MR) is 89.7 cm³/mol. The third kappa shape index (κ3) is 4.39. The summed E-state index contributed by atoms with van der Waals surface area (Å²) >= 11 is 3.46. The van der Waals surface area contributed by atoms with Crippen molar-refractivity contribution in [3.05, 3.63) is 69.9 Å². The second kappa shape index (κ2) is 7.19. The van der Waals surface area contributed by atoms with Gasteiger partial charge in [-0.2, -0.15) is 0 Å². The normalized spacial score (nSPS) is 14.2. The minimum absolute atomic E-state index is 0.192. The summed E-state index contributed by atoms with van der Waals surface area (Å²) in [5, 5.41) is 3.65. The molecular weight excluding hydrogens is 329 g/mol. The molecule has 3 heteroatoms. The molecule has 0 aliphatic heterocycles. The van der Waals surface area contributed by atoms with Crippen molar-refractivity contribution in [2.24, 2.45) is 5.92 Å². The van der Waals surface area contributed by atoms with Gasteiger partial charge in [0.05, 0.1) is 0 Å². The zero-order valence-corrected chi connectivity index (χ0v) is 14.2. The lowest BCUT2D eigenvalue weighted by Crippen LogP contribution is -2.28. The Hall–Kier alpha value is -1.19. The number of nitrogens with one attached hydrogen (secondary N) is 1. The Morgan fingerprint density at radius 3 is 1.90 bits per heavy atom. The number of hydrogen-bond acceptors (Lipinski definition) is 1. The predicted octanol–water partition coefficient (Wildman–Crippen LogP) is 5.64. The molecule has 0 aliphatic rings. The van der Waals surface area contributed by atoms with Gasteiger partial charge in [-0.05, 0) is 48.2 Å². The molecule has 0 amide bonds. The Labute approximate surface area is 134 Å². The summed E-state index contributed by atoms with van der Waals surface area (Å²) in [4.78, 5) is 0. The van der Waals surface area contributed by atoms with E-state index in [0.29, 0.717) is 5.92 Å². The van der Waals surface area contributed by atoms with Crippen molar-refractivity contribution < 1.29 is 4.39 Å². The second-order valence-electron chi connectivity index (χ2n) is 5.71. The van der Waals surface area contributed by atoms with Crippen LogP contribution in [0, 0.1) is 11.7 Å². The first-order valence-electron chi connectivity index (χ1n) is 7.24. The molecule has 0 spiro atoms. The zero-order chi connectivity index (χ0) is 15.4. The molecule has 0 radical (unpaired) electrons. The van der Waals surface area contributed by atoms with Gasteiger partial charge in [-0.15, -0.1) is 0 Å². The van der Waals surface area contributed by atoms with E-state index in [1.54, 1.807) is 0 Å². The molecule has 2 aromatic carbocycles. The Balaban J connectivity index is 2.16. The van der Waals surface area contributed by atoms with E-state index in [1.165, 1.54) is 17.7 Å². The van der Waals surface area contributed by atoms with Gasteiger partial charge in [0, 0.05) is 16.6 Å². The molecule has 0 heterocycles. The van der Waals surface area contributed by atoms with E-state index in [1.807, 2.05) is 12.1 Å². The highest BCUT2D eigenvalue weighted by Gasteiger charge is 2.18. The van der Waals surface area contributed by atoms with Crippen molar-refractivity contribution in [2.45, 2.75) is 32.9 Å². The van der Waals surface area contributed by atoms with E-state index in [2.05, 4.69) is 66.3 Å². The summed E-state index contributed by atoms with van der Waals surface area (Å²) in [5.41, 5.74) is 2.36. The SMILES string of the molecule is CC(NC(c1ccc(F)cc1)C(C)C)c1ccc(Br)cc1. The summed E-state index contributed by atoms with van der Waals surface area (Å²) < 4.78 is 14.2. The minimum Gasteiger partial charge on any atom is -0.303 e. The molecular formula is C18H21BrFN. The molecule has 112 valence electrons. The van der Waals surface area contributed by atoms with Crippen molar-refractivity contribution in [1.82, 2.24) is 5.32 Å². The Morgan fingerprint density at radius 2 is 1.38 bits per heavy atom. The van der Waals surface area contributed by atoms with Gasteiger partial charge < -0.3 is 5.32 Å². The summed E-state index contributed by atoms with van der Waals surface area (Å²) in [6.45, 7) is 6.51. The highest BCUT2D eigenvalue weighted by Crippen LogP contribution is 2.26.